The van der Waals surface area contributed by atoms with E-state index in [4.69, 9.17) is 4.74 Å². The van der Waals surface area contributed by atoms with E-state index >= 15 is 0 Å². The summed E-state index contributed by atoms with van der Waals surface area (Å²) in [5.41, 5.74) is -1.06. The first-order valence-corrected chi connectivity index (χ1v) is 6.44. The van der Waals surface area contributed by atoms with Gasteiger partial charge in [-0.3, -0.25) is 0 Å². The van der Waals surface area contributed by atoms with Crippen molar-refractivity contribution in [2.45, 2.75) is 6.18 Å². The quantitative estimate of drug-likeness (QED) is 0.797. The molecule has 3 nitrogen and oxygen atoms in total. The van der Waals surface area contributed by atoms with Gasteiger partial charge in [0.05, 0.1) is 18.5 Å². The van der Waals surface area contributed by atoms with E-state index in [1.165, 1.54) is 25.3 Å². The van der Waals surface area contributed by atoms with Crippen LogP contribution in [0.3, 0.4) is 0 Å². The predicted octanol–water partition coefficient (Wildman–Crippen LogP) is 4.75. The van der Waals surface area contributed by atoms with Crippen molar-refractivity contribution in [2.24, 2.45) is 0 Å². The van der Waals surface area contributed by atoms with Crippen molar-refractivity contribution in [1.82, 2.24) is 4.98 Å². The summed E-state index contributed by atoms with van der Waals surface area (Å²) < 4.78 is 57.1. The van der Waals surface area contributed by atoms with Gasteiger partial charge in [-0.2, -0.15) is 13.2 Å². The van der Waals surface area contributed by atoms with Crippen molar-refractivity contribution in [2.75, 3.05) is 12.4 Å². The third-order valence-corrected chi connectivity index (χ3v) is 3.24. The molecule has 0 saturated carbocycles. The molecule has 2 rings (SSSR count). The minimum absolute atomic E-state index is 0.0850. The largest absolute Gasteiger partial charge is 0.494 e. The summed E-state index contributed by atoms with van der Waals surface area (Å²) in [6.07, 6.45) is -3.55. The van der Waals surface area contributed by atoms with Gasteiger partial charge in [-0.25, -0.2) is 9.37 Å². The third-order valence-electron chi connectivity index (χ3n) is 2.59. The van der Waals surface area contributed by atoms with Crippen LogP contribution in [0.1, 0.15) is 5.69 Å². The molecule has 21 heavy (non-hydrogen) atoms. The van der Waals surface area contributed by atoms with E-state index in [-0.39, 0.29) is 21.6 Å². The van der Waals surface area contributed by atoms with Crippen LogP contribution in [-0.2, 0) is 6.18 Å². The van der Waals surface area contributed by atoms with Gasteiger partial charge >= 0.3 is 6.18 Å². The minimum atomic E-state index is -4.60. The number of benzene rings is 1. The molecule has 0 amide bonds. The van der Waals surface area contributed by atoms with Gasteiger partial charge in [-0.15, -0.1) is 0 Å². The Labute approximate surface area is 126 Å². The summed E-state index contributed by atoms with van der Waals surface area (Å²) in [4.78, 5) is 3.33. The van der Waals surface area contributed by atoms with Crippen LogP contribution >= 0.6 is 15.9 Å². The fourth-order valence-corrected chi connectivity index (χ4v) is 2.07. The van der Waals surface area contributed by atoms with Gasteiger partial charge in [0.1, 0.15) is 0 Å². The fraction of sp³-hybridized carbons (Fsp3) is 0.154. The maximum Gasteiger partial charge on any atom is 0.435 e. The Balaban J connectivity index is 2.44. The molecule has 0 bridgehead atoms. The number of methoxy groups -OCH3 is 1. The van der Waals surface area contributed by atoms with Gasteiger partial charge in [-0.1, -0.05) is 0 Å². The van der Waals surface area contributed by atoms with Crippen LogP contribution in [0.2, 0.25) is 0 Å². The van der Waals surface area contributed by atoms with Crippen molar-refractivity contribution in [3.63, 3.8) is 0 Å². The fourth-order valence-electron chi connectivity index (χ4n) is 1.66. The zero-order valence-electron chi connectivity index (χ0n) is 10.6. The average Bonchev–Trinajstić information content (AvgIpc) is 2.41. The van der Waals surface area contributed by atoms with Gasteiger partial charge in [-0.05, 0) is 34.1 Å². The summed E-state index contributed by atoms with van der Waals surface area (Å²) in [5.74, 6) is -0.713. The number of halogens is 5. The minimum Gasteiger partial charge on any atom is -0.494 e. The number of aromatic nitrogens is 1. The number of rotatable bonds is 3. The molecule has 1 aromatic heterocycles. The van der Waals surface area contributed by atoms with Gasteiger partial charge in [0.15, 0.2) is 17.3 Å². The van der Waals surface area contributed by atoms with Crippen molar-refractivity contribution in [3.05, 3.63) is 46.4 Å². The Hall–Kier alpha value is -1.83. The van der Waals surface area contributed by atoms with Crippen molar-refractivity contribution in [3.8, 4) is 5.75 Å². The molecule has 0 aliphatic rings. The monoisotopic (exact) mass is 364 g/mol. The van der Waals surface area contributed by atoms with Crippen LogP contribution < -0.4 is 10.1 Å². The normalized spacial score (nSPS) is 11.3. The molecule has 8 heteroatoms. The van der Waals surface area contributed by atoms with E-state index < -0.39 is 17.7 Å². The highest BCUT2D eigenvalue weighted by Gasteiger charge is 2.35. The van der Waals surface area contributed by atoms with Gasteiger partial charge in [0.2, 0.25) is 0 Å². The number of anilines is 2. The SMILES string of the molecule is COc1cc(Nc2cccnc2C(F)(F)F)c(Br)cc1F. The maximum absolute atomic E-state index is 13.5. The van der Waals surface area contributed by atoms with Crippen LogP contribution in [0.4, 0.5) is 28.9 Å². The lowest BCUT2D eigenvalue weighted by atomic mass is 10.2. The number of nitrogens with one attached hydrogen (secondary N) is 1. The van der Waals surface area contributed by atoms with E-state index in [0.717, 1.165) is 12.3 Å². The zero-order valence-corrected chi connectivity index (χ0v) is 12.2. The molecular weight excluding hydrogens is 356 g/mol. The highest BCUT2D eigenvalue weighted by molar-refractivity contribution is 9.10. The highest BCUT2D eigenvalue weighted by Crippen LogP contribution is 2.37. The number of hydrogen-bond donors (Lipinski definition) is 1. The Bertz CT molecular complexity index is 661. The lowest BCUT2D eigenvalue weighted by molar-refractivity contribution is -0.140. The standard InChI is InChI=1S/C13H9BrF4N2O/c1-21-11-6-10(7(14)5-8(11)15)20-9-3-2-4-19-12(9)13(16,17)18/h2-6,20H,1H3. The molecule has 1 aromatic carbocycles. The van der Waals surface area contributed by atoms with Crippen molar-refractivity contribution < 1.29 is 22.3 Å². The van der Waals surface area contributed by atoms with Crippen LogP contribution in [0, 0.1) is 5.82 Å². The maximum atomic E-state index is 13.5. The average molecular weight is 365 g/mol. The van der Waals surface area contributed by atoms with Gasteiger partial charge < -0.3 is 10.1 Å². The second-order valence-corrected chi connectivity index (χ2v) is 4.84. The summed E-state index contributed by atoms with van der Waals surface area (Å²) in [7, 11) is 1.27. The molecule has 0 unspecified atom stereocenters. The molecule has 0 aliphatic heterocycles. The van der Waals surface area contributed by atoms with Gasteiger partial charge in [0, 0.05) is 16.7 Å². The first-order chi connectivity index (χ1) is 9.82. The van der Waals surface area contributed by atoms with Crippen LogP contribution in [-0.4, -0.2) is 12.1 Å². The number of nitrogens with zero attached hydrogens (tertiary/aromatic N) is 1. The van der Waals surface area contributed by atoms with Crippen molar-refractivity contribution >= 4 is 27.3 Å². The summed E-state index contributed by atoms with van der Waals surface area (Å²) in [5, 5.41) is 2.57. The Morgan fingerprint density at radius 3 is 2.57 bits per heavy atom. The smallest absolute Gasteiger partial charge is 0.435 e. The second-order valence-electron chi connectivity index (χ2n) is 3.99. The Morgan fingerprint density at radius 1 is 1.24 bits per heavy atom. The lowest BCUT2D eigenvalue weighted by Crippen LogP contribution is -2.11. The molecular formula is C13H9BrF4N2O. The van der Waals surface area contributed by atoms with Gasteiger partial charge in [0.25, 0.3) is 0 Å². The molecule has 112 valence electrons. The van der Waals surface area contributed by atoms with E-state index in [9.17, 15) is 17.6 Å². The second kappa shape index (κ2) is 5.88. The van der Waals surface area contributed by atoms with Crippen LogP contribution in [0.5, 0.6) is 5.75 Å². The number of alkyl halides is 3. The lowest BCUT2D eigenvalue weighted by Gasteiger charge is -2.15. The first kappa shape index (κ1) is 15.6. The van der Waals surface area contributed by atoms with E-state index in [1.807, 2.05) is 0 Å². The molecule has 1 N–H and O–H groups in total. The molecule has 0 aliphatic carbocycles. The highest BCUT2D eigenvalue weighted by atomic mass is 79.9. The molecule has 1 heterocycles. The summed E-state index contributed by atoms with van der Waals surface area (Å²) in [6, 6.07) is 4.96. The third kappa shape index (κ3) is 3.44. The van der Waals surface area contributed by atoms with Crippen LogP contribution in [0.15, 0.2) is 34.9 Å². The number of ether oxygens (including phenoxy) is 1. The molecule has 0 radical (unpaired) electrons. The topological polar surface area (TPSA) is 34.1 Å². The number of pyridine rings is 1. The Kier molecular flexibility index (Phi) is 4.36. The Morgan fingerprint density at radius 2 is 1.95 bits per heavy atom. The summed E-state index contributed by atoms with van der Waals surface area (Å²) in [6.45, 7) is 0. The van der Waals surface area contributed by atoms with Crippen molar-refractivity contribution in [1.29, 1.82) is 0 Å². The molecule has 0 saturated heterocycles. The van der Waals surface area contributed by atoms with E-state index in [1.54, 1.807) is 0 Å². The molecule has 0 fully saturated rings. The predicted molar refractivity (Wildman–Crippen MR) is 73.2 cm³/mol. The molecule has 0 atom stereocenters. The zero-order chi connectivity index (χ0) is 15.6. The van der Waals surface area contributed by atoms with E-state index in [2.05, 4.69) is 26.2 Å². The molecule has 0 spiro atoms. The molecule has 2 aromatic rings. The first-order valence-electron chi connectivity index (χ1n) is 5.65. The van der Waals surface area contributed by atoms with E-state index in [0.29, 0.717) is 0 Å². The number of hydrogen-bond acceptors (Lipinski definition) is 3. The van der Waals surface area contributed by atoms with Crippen LogP contribution in [0.25, 0.3) is 0 Å². The summed E-state index contributed by atoms with van der Waals surface area (Å²) >= 11 is 3.08.